The van der Waals surface area contributed by atoms with Crippen LogP contribution in [0.4, 0.5) is 0 Å². The van der Waals surface area contributed by atoms with E-state index in [4.69, 9.17) is 4.43 Å². The molecule has 0 amide bonds. The summed E-state index contributed by atoms with van der Waals surface area (Å²) in [7, 11) is -2.48. The van der Waals surface area contributed by atoms with Crippen LogP contribution < -0.4 is 10.4 Å². The quantitative estimate of drug-likeness (QED) is 0.370. The first-order valence-corrected chi connectivity index (χ1v) is 12.2. The Hall–Kier alpha value is -2.08. The highest BCUT2D eigenvalue weighted by atomic mass is 28.4. The molecule has 0 aromatic heterocycles. The van der Waals surface area contributed by atoms with Gasteiger partial charge >= 0.3 is 0 Å². The molecule has 2 atom stereocenters. The first kappa shape index (κ1) is 20.6. The van der Waals surface area contributed by atoms with Gasteiger partial charge in [0.2, 0.25) is 0 Å². The van der Waals surface area contributed by atoms with Crippen LogP contribution in [0.1, 0.15) is 47.0 Å². The lowest BCUT2D eigenvalue weighted by atomic mass is 10.0. The molecule has 28 heavy (non-hydrogen) atoms. The molecule has 0 heterocycles. The predicted molar refractivity (Wildman–Crippen MR) is 122 cm³/mol. The minimum atomic E-state index is -2.48. The second-order valence-corrected chi connectivity index (χ2v) is 12.9. The van der Waals surface area contributed by atoms with Gasteiger partial charge in [0.15, 0.2) is 0 Å². The van der Waals surface area contributed by atoms with Gasteiger partial charge in [0.1, 0.15) is 0 Å². The van der Waals surface area contributed by atoms with E-state index in [0.29, 0.717) is 5.92 Å². The van der Waals surface area contributed by atoms with Crippen molar-refractivity contribution in [3.8, 4) is 11.8 Å². The molecule has 146 valence electrons. The lowest BCUT2D eigenvalue weighted by Gasteiger charge is -2.45. The smallest absolute Gasteiger partial charge is 0.261 e. The van der Waals surface area contributed by atoms with Crippen molar-refractivity contribution >= 4 is 18.7 Å². The van der Waals surface area contributed by atoms with Crippen LogP contribution in [0.3, 0.4) is 0 Å². The van der Waals surface area contributed by atoms with Gasteiger partial charge in [-0.25, -0.2) is 0 Å². The average Bonchev–Trinajstić information content (AvgIpc) is 3.13. The topological polar surface area (TPSA) is 9.23 Å². The van der Waals surface area contributed by atoms with Crippen molar-refractivity contribution in [3.63, 3.8) is 0 Å². The molecular formula is C26H32OSi. The summed E-state index contributed by atoms with van der Waals surface area (Å²) in [6.45, 7) is 8.96. The van der Waals surface area contributed by atoms with Crippen LogP contribution in [0.25, 0.3) is 0 Å². The van der Waals surface area contributed by atoms with Crippen molar-refractivity contribution in [1.29, 1.82) is 0 Å². The van der Waals surface area contributed by atoms with Crippen LogP contribution in [0, 0.1) is 17.8 Å². The maximum Gasteiger partial charge on any atom is 0.261 e. The molecule has 0 saturated heterocycles. The van der Waals surface area contributed by atoms with E-state index >= 15 is 0 Å². The fourth-order valence-electron chi connectivity index (χ4n) is 4.39. The zero-order valence-electron chi connectivity index (χ0n) is 17.6. The Balaban J connectivity index is 2.05. The molecule has 1 aliphatic carbocycles. The van der Waals surface area contributed by atoms with E-state index in [1.54, 1.807) is 0 Å². The first-order chi connectivity index (χ1) is 13.5. The van der Waals surface area contributed by atoms with Crippen LogP contribution in [0.15, 0.2) is 72.8 Å². The summed E-state index contributed by atoms with van der Waals surface area (Å²) in [5, 5.41) is 2.73. The Morgan fingerprint density at radius 1 is 0.964 bits per heavy atom. The van der Waals surface area contributed by atoms with Gasteiger partial charge in [0.05, 0.1) is 6.10 Å². The normalized spacial score (nSPS) is 19.3. The summed E-state index contributed by atoms with van der Waals surface area (Å²) in [6.07, 6.45) is 7.87. The zero-order valence-corrected chi connectivity index (χ0v) is 18.6. The summed E-state index contributed by atoms with van der Waals surface area (Å²) in [4.78, 5) is 0. The van der Waals surface area contributed by atoms with Gasteiger partial charge in [-0.3, -0.25) is 0 Å². The lowest BCUT2D eigenvalue weighted by molar-refractivity contribution is 0.153. The number of rotatable bonds is 6. The first-order valence-electron chi connectivity index (χ1n) is 10.3. The second-order valence-electron chi connectivity index (χ2n) is 8.61. The molecule has 2 aromatic carbocycles. The van der Waals surface area contributed by atoms with Crippen molar-refractivity contribution in [2.24, 2.45) is 5.92 Å². The van der Waals surface area contributed by atoms with Crippen LogP contribution in [-0.4, -0.2) is 14.4 Å². The van der Waals surface area contributed by atoms with E-state index in [0.717, 1.165) is 19.3 Å². The average molecular weight is 389 g/mol. The van der Waals surface area contributed by atoms with Crippen LogP contribution in [-0.2, 0) is 4.43 Å². The van der Waals surface area contributed by atoms with E-state index in [9.17, 15) is 0 Å². The summed E-state index contributed by atoms with van der Waals surface area (Å²) in [6, 6.07) is 21.9. The Morgan fingerprint density at radius 3 is 2.04 bits per heavy atom. The van der Waals surface area contributed by atoms with E-state index < -0.39 is 8.32 Å². The van der Waals surface area contributed by atoms with Crippen molar-refractivity contribution in [2.45, 2.75) is 58.1 Å². The fraction of sp³-hybridized carbons (Fsp3) is 0.385. The lowest BCUT2D eigenvalue weighted by Crippen LogP contribution is -2.68. The monoisotopic (exact) mass is 388 g/mol. The van der Waals surface area contributed by atoms with Crippen molar-refractivity contribution < 1.29 is 4.43 Å². The van der Waals surface area contributed by atoms with Crippen LogP contribution in [0.2, 0.25) is 5.04 Å². The highest BCUT2D eigenvalue weighted by Crippen LogP contribution is 2.40. The van der Waals surface area contributed by atoms with E-state index in [1.807, 2.05) is 6.92 Å². The Bertz CT molecular complexity index is 797. The maximum absolute atomic E-state index is 7.31. The zero-order chi connectivity index (χ0) is 20.0. The fourth-order valence-corrected chi connectivity index (χ4v) is 9.13. The Morgan fingerprint density at radius 2 is 1.54 bits per heavy atom. The molecule has 0 aliphatic heterocycles. The van der Waals surface area contributed by atoms with Gasteiger partial charge in [-0.15, -0.1) is 11.8 Å². The summed E-state index contributed by atoms with van der Waals surface area (Å²) in [5.41, 5.74) is 0. The third-order valence-electron chi connectivity index (χ3n) is 5.75. The van der Waals surface area contributed by atoms with E-state index in [1.165, 1.54) is 10.4 Å². The molecule has 0 fully saturated rings. The number of hydrogen-bond acceptors (Lipinski definition) is 1. The second kappa shape index (κ2) is 8.95. The molecule has 3 rings (SSSR count). The molecule has 0 unspecified atom stereocenters. The molecule has 0 bridgehead atoms. The van der Waals surface area contributed by atoms with Crippen molar-refractivity contribution in [2.75, 3.05) is 0 Å². The summed E-state index contributed by atoms with van der Waals surface area (Å²) >= 11 is 0. The van der Waals surface area contributed by atoms with E-state index in [2.05, 4.69) is 105 Å². The molecule has 0 spiro atoms. The minimum Gasteiger partial charge on any atom is -0.404 e. The number of hydrogen-bond donors (Lipinski definition) is 0. The van der Waals surface area contributed by atoms with Gasteiger partial charge < -0.3 is 4.43 Å². The molecule has 2 heteroatoms. The molecule has 2 aromatic rings. The Labute approximate surface area is 172 Å². The van der Waals surface area contributed by atoms with Gasteiger partial charge in [0, 0.05) is 12.3 Å². The van der Waals surface area contributed by atoms with Crippen LogP contribution >= 0.6 is 0 Å². The third-order valence-corrected chi connectivity index (χ3v) is 10.8. The van der Waals surface area contributed by atoms with E-state index in [-0.39, 0.29) is 11.1 Å². The van der Waals surface area contributed by atoms with Gasteiger partial charge in [-0.05, 0) is 35.2 Å². The summed E-state index contributed by atoms with van der Waals surface area (Å²) in [5.74, 6) is 6.70. The molecule has 0 radical (unpaired) electrons. The molecule has 0 N–H and O–H groups in total. The maximum atomic E-state index is 7.31. The van der Waals surface area contributed by atoms with Crippen LogP contribution in [0.5, 0.6) is 0 Å². The van der Waals surface area contributed by atoms with Gasteiger partial charge in [-0.2, -0.15) is 0 Å². The predicted octanol–water partition coefficient (Wildman–Crippen LogP) is 5.31. The van der Waals surface area contributed by atoms with Crippen molar-refractivity contribution in [3.05, 3.63) is 72.8 Å². The molecule has 1 aliphatic rings. The minimum absolute atomic E-state index is 0.0199. The number of benzene rings is 2. The van der Waals surface area contributed by atoms with Gasteiger partial charge in [-0.1, -0.05) is 93.6 Å². The molecule has 1 nitrogen and oxygen atoms in total. The Kier molecular flexibility index (Phi) is 6.60. The standard InChI is InChI=1S/C26H32OSi/c1-5-6-9-15-22-16-14-21-25(22)27-28(26(2,3)4,23-17-10-7-11-18-23)24-19-12-8-13-20-24/h7-8,10-14,16-20,22,25H,9,15,21H2,1-4H3/t22-,25+/m1/s1. The largest absolute Gasteiger partial charge is 0.404 e. The van der Waals surface area contributed by atoms with Gasteiger partial charge in [0.25, 0.3) is 8.32 Å². The highest BCUT2D eigenvalue weighted by molar-refractivity contribution is 6.99. The summed E-state index contributed by atoms with van der Waals surface area (Å²) < 4.78 is 7.31. The molecule has 0 saturated carbocycles. The SMILES string of the molecule is CC#CCC[C@@H]1C=CC[C@@H]1O[Si](c1ccccc1)(c1ccccc1)C(C)(C)C. The molecular weight excluding hydrogens is 356 g/mol. The van der Waals surface area contributed by atoms with Crippen molar-refractivity contribution in [1.82, 2.24) is 0 Å². The highest BCUT2D eigenvalue weighted by Gasteiger charge is 2.52. The third kappa shape index (κ3) is 4.16.